The highest BCUT2D eigenvalue weighted by atomic mass is 35.5. The average Bonchev–Trinajstić information content (AvgIpc) is 2.96. The lowest BCUT2D eigenvalue weighted by Crippen LogP contribution is -2.32. The molecule has 1 N–H and O–H groups in total. The lowest BCUT2D eigenvalue weighted by atomic mass is 10.0. The molecule has 0 fully saturated rings. The Bertz CT molecular complexity index is 1200. The minimum absolute atomic E-state index is 0.203. The number of hydrogen-bond donors (Lipinski definition) is 1. The largest absolute Gasteiger partial charge is 0.350 e. The van der Waals surface area contributed by atoms with Crippen molar-refractivity contribution in [2.24, 2.45) is 0 Å². The van der Waals surface area contributed by atoms with Crippen molar-refractivity contribution in [1.29, 1.82) is 0 Å². The van der Waals surface area contributed by atoms with Crippen LogP contribution in [0.1, 0.15) is 16.7 Å². The van der Waals surface area contributed by atoms with Crippen molar-refractivity contribution in [3.63, 3.8) is 0 Å². The summed E-state index contributed by atoms with van der Waals surface area (Å²) in [5.41, 5.74) is 4.09. The van der Waals surface area contributed by atoms with E-state index in [0.717, 1.165) is 16.0 Å². The molecule has 0 unspecified atom stereocenters. The quantitative estimate of drug-likeness (QED) is 0.509. The number of rotatable bonds is 4. The van der Waals surface area contributed by atoms with E-state index in [1.165, 1.54) is 0 Å². The normalized spacial score (nSPS) is 13.9. The number of carbonyl (C=O) groups is 2. The van der Waals surface area contributed by atoms with Crippen LogP contribution in [0.3, 0.4) is 0 Å². The molecule has 3 aromatic carbocycles. The molecule has 0 radical (unpaired) electrons. The number of anilines is 2. The number of nitrogens with zero attached hydrogens (tertiary/aromatic N) is 1. The van der Waals surface area contributed by atoms with Crippen LogP contribution in [0.5, 0.6) is 0 Å². The monoisotopic (exact) mass is 436 g/mol. The number of amides is 2. The van der Waals surface area contributed by atoms with Gasteiger partial charge in [-0.15, -0.1) is 0 Å². The zero-order valence-electron chi connectivity index (χ0n) is 16.4. The van der Waals surface area contributed by atoms with Gasteiger partial charge in [-0.2, -0.15) is 0 Å². The molecular formula is C24H18Cl2N2O2. The van der Waals surface area contributed by atoms with Gasteiger partial charge < -0.3 is 5.32 Å². The van der Waals surface area contributed by atoms with Crippen molar-refractivity contribution in [3.05, 3.63) is 99.2 Å². The second kappa shape index (κ2) is 7.98. The van der Waals surface area contributed by atoms with Crippen molar-refractivity contribution < 1.29 is 9.59 Å². The van der Waals surface area contributed by atoms with E-state index in [9.17, 15) is 9.59 Å². The molecule has 150 valence electrons. The second-order valence-corrected chi connectivity index (χ2v) is 7.92. The first-order chi connectivity index (χ1) is 14.4. The Balaban J connectivity index is 1.86. The van der Waals surface area contributed by atoms with Crippen molar-refractivity contribution >= 4 is 52.0 Å². The van der Waals surface area contributed by atoms with Gasteiger partial charge in [0.05, 0.1) is 11.3 Å². The number of benzene rings is 3. The molecule has 0 saturated carbocycles. The maximum atomic E-state index is 13.4. The van der Waals surface area contributed by atoms with Gasteiger partial charge in [0.25, 0.3) is 11.8 Å². The summed E-state index contributed by atoms with van der Waals surface area (Å²) in [5, 5.41) is 4.17. The minimum atomic E-state index is -0.447. The van der Waals surface area contributed by atoms with Crippen LogP contribution in [0.2, 0.25) is 10.0 Å². The third-order valence-electron chi connectivity index (χ3n) is 5.02. The second-order valence-electron chi connectivity index (χ2n) is 7.08. The molecule has 0 saturated heterocycles. The van der Waals surface area contributed by atoms with Crippen molar-refractivity contribution in [2.45, 2.75) is 13.8 Å². The van der Waals surface area contributed by atoms with Crippen LogP contribution in [0.15, 0.2) is 72.4 Å². The molecular weight excluding hydrogens is 419 g/mol. The maximum Gasteiger partial charge on any atom is 0.282 e. The van der Waals surface area contributed by atoms with E-state index in [0.29, 0.717) is 32.6 Å². The zero-order valence-corrected chi connectivity index (χ0v) is 17.9. The van der Waals surface area contributed by atoms with Gasteiger partial charge in [0.15, 0.2) is 0 Å². The van der Waals surface area contributed by atoms with E-state index in [1.54, 1.807) is 36.4 Å². The van der Waals surface area contributed by atoms with E-state index in [2.05, 4.69) is 5.32 Å². The smallest absolute Gasteiger partial charge is 0.282 e. The van der Waals surface area contributed by atoms with E-state index in [-0.39, 0.29) is 5.70 Å². The van der Waals surface area contributed by atoms with Crippen LogP contribution in [-0.4, -0.2) is 11.8 Å². The molecule has 0 aliphatic carbocycles. The van der Waals surface area contributed by atoms with Crippen LogP contribution >= 0.6 is 23.2 Å². The Morgan fingerprint density at radius 3 is 2.23 bits per heavy atom. The van der Waals surface area contributed by atoms with Crippen LogP contribution < -0.4 is 10.2 Å². The summed E-state index contributed by atoms with van der Waals surface area (Å²) in [6.45, 7) is 3.82. The van der Waals surface area contributed by atoms with Crippen LogP contribution in [0, 0.1) is 13.8 Å². The molecule has 0 bridgehead atoms. The minimum Gasteiger partial charge on any atom is -0.350 e. The number of hydrogen-bond acceptors (Lipinski definition) is 3. The summed E-state index contributed by atoms with van der Waals surface area (Å²) in [6, 6.07) is 19.6. The fourth-order valence-corrected chi connectivity index (χ4v) is 3.72. The highest BCUT2D eigenvalue weighted by Gasteiger charge is 2.40. The predicted octanol–water partition coefficient (Wildman–Crippen LogP) is 6.01. The van der Waals surface area contributed by atoms with E-state index in [1.807, 2.05) is 44.2 Å². The number of carbonyl (C=O) groups excluding carboxylic acids is 2. The molecule has 3 aromatic rings. The maximum absolute atomic E-state index is 13.4. The summed E-state index contributed by atoms with van der Waals surface area (Å²) in [6.07, 6.45) is 0. The fourth-order valence-electron chi connectivity index (χ4n) is 3.36. The molecule has 0 atom stereocenters. The van der Waals surface area contributed by atoms with Crippen molar-refractivity contribution in [1.82, 2.24) is 0 Å². The first-order valence-electron chi connectivity index (χ1n) is 9.34. The van der Waals surface area contributed by atoms with Gasteiger partial charge >= 0.3 is 0 Å². The summed E-state index contributed by atoms with van der Waals surface area (Å²) in [7, 11) is 0. The molecule has 0 aromatic heterocycles. The van der Waals surface area contributed by atoms with E-state index >= 15 is 0 Å². The van der Waals surface area contributed by atoms with E-state index in [4.69, 9.17) is 23.2 Å². The lowest BCUT2D eigenvalue weighted by Gasteiger charge is -2.16. The van der Waals surface area contributed by atoms with Crippen LogP contribution in [0.4, 0.5) is 11.4 Å². The summed E-state index contributed by atoms with van der Waals surface area (Å²) < 4.78 is 0. The van der Waals surface area contributed by atoms with Crippen LogP contribution in [0.25, 0.3) is 5.57 Å². The molecule has 4 rings (SSSR count). The first-order valence-corrected chi connectivity index (χ1v) is 10.1. The van der Waals surface area contributed by atoms with Gasteiger partial charge in [-0.05, 0) is 55.3 Å². The number of nitrogens with one attached hydrogen (secondary N) is 1. The average molecular weight is 437 g/mol. The molecule has 6 heteroatoms. The molecule has 4 nitrogen and oxygen atoms in total. The first kappa shape index (κ1) is 20.2. The van der Waals surface area contributed by atoms with Gasteiger partial charge in [-0.3, -0.25) is 9.59 Å². The molecule has 1 aliphatic heterocycles. The molecule has 2 amide bonds. The fraction of sp³-hybridized carbons (Fsp3) is 0.0833. The predicted molar refractivity (Wildman–Crippen MR) is 122 cm³/mol. The highest BCUT2D eigenvalue weighted by molar-refractivity contribution is 6.46. The Morgan fingerprint density at radius 1 is 0.833 bits per heavy atom. The van der Waals surface area contributed by atoms with Crippen molar-refractivity contribution in [3.8, 4) is 0 Å². The van der Waals surface area contributed by atoms with E-state index < -0.39 is 11.8 Å². The number of imide groups is 1. The Hall–Kier alpha value is -3.08. The molecule has 0 spiro atoms. The van der Waals surface area contributed by atoms with Crippen molar-refractivity contribution in [2.75, 3.05) is 10.2 Å². The Labute approximate surface area is 184 Å². The molecule has 30 heavy (non-hydrogen) atoms. The number of halogens is 2. The standard InChI is InChI=1S/C24H18Cl2N2O2/c1-14-9-11-16(12-10-14)21-22(27-20-8-4-7-19(26)15(20)2)24(30)28(23(21)29)18-6-3-5-17(25)13-18/h3-13,27H,1-2H3. The molecule has 1 heterocycles. The lowest BCUT2D eigenvalue weighted by molar-refractivity contribution is -0.120. The van der Waals surface area contributed by atoms with Gasteiger partial charge in [-0.25, -0.2) is 4.90 Å². The Morgan fingerprint density at radius 2 is 1.53 bits per heavy atom. The van der Waals surface area contributed by atoms with Crippen LogP contribution in [-0.2, 0) is 9.59 Å². The third kappa shape index (κ3) is 3.60. The van der Waals surface area contributed by atoms with Gasteiger partial charge in [0, 0.05) is 15.7 Å². The molecule has 1 aliphatic rings. The topological polar surface area (TPSA) is 49.4 Å². The number of aryl methyl sites for hydroxylation is 1. The summed E-state index contributed by atoms with van der Waals surface area (Å²) >= 11 is 12.3. The SMILES string of the molecule is Cc1ccc(C2=C(Nc3cccc(Cl)c3C)C(=O)N(c3cccc(Cl)c3)C2=O)cc1. The van der Waals surface area contributed by atoms with Gasteiger partial charge in [0.1, 0.15) is 5.70 Å². The summed E-state index contributed by atoms with van der Waals surface area (Å²) in [5.74, 6) is -0.856. The Kier molecular flexibility index (Phi) is 5.37. The zero-order chi connectivity index (χ0) is 21.4. The van der Waals surface area contributed by atoms with Gasteiger partial charge in [-0.1, -0.05) is 65.2 Å². The highest BCUT2D eigenvalue weighted by Crippen LogP contribution is 2.35. The van der Waals surface area contributed by atoms with Gasteiger partial charge in [0.2, 0.25) is 0 Å². The third-order valence-corrected chi connectivity index (χ3v) is 5.66. The summed E-state index contributed by atoms with van der Waals surface area (Å²) in [4.78, 5) is 27.9.